The molecular formula is C18H18ClN3O3. The minimum Gasteiger partial charge on any atom is -0.466 e. The van der Waals surface area contributed by atoms with Crippen molar-refractivity contribution in [3.05, 3.63) is 56.5 Å². The number of nitrogens with one attached hydrogen (secondary N) is 1. The molecule has 0 bridgehead atoms. The van der Waals surface area contributed by atoms with Gasteiger partial charge in [0, 0.05) is 21.8 Å². The van der Waals surface area contributed by atoms with Gasteiger partial charge in [0.05, 0.1) is 24.3 Å². The lowest BCUT2D eigenvalue weighted by atomic mass is 10.1. The molecule has 1 N–H and O–H groups in total. The van der Waals surface area contributed by atoms with Crippen LogP contribution in [0.15, 0.2) is 29.1 Å². The summed E-state index contributed by atoms with van der Waals surface area (Å²) in [4.78, 5) is 29.1. The van der Waals surface area contributed by atoms with Gasteiger partial charge in [0.15, 0.2) is 5.65 Å². The van der Waals surface area contributed by atoms with Crippen LogP contribution in [0.25, 0.3) is 16.9 Å². The van der Waals surface area contributed by atoms with Crippen LogP contribution in [-0.2, 0) is 16.0 Å². The summed E-state index contributed by atoms with van der Waals surface area (Å²) in [6.07, 6.45) is -0.0982. The Balaban J connectivity index is 2.16. The van der Waals surface area contributed by atoms with Crippen LogP contribution in [0.3, 0.4) is 0 Å². The van der Waals surface area contributed by atoms with Gasteiger partial charge in [-0.15, -0.1) is 0 Å². The molecule has 130 valence electrons. The smallest absolute Gasteiger partial charge is 0.310 e. The maximum absolute atomic E-state index is 12.8. The summed E-state index contributed by atoms with van der Waals surface area (Å²) >= 11 is 6.07. The minimum atomic E-state index is -0.442. The van der Waals surface area contributed by atoms with Crippen LogP contribution in [0.2, 0.25) is 5.02 Å². The fraction of sp³-hybridized carbons (Fsp3) is 0.278. The van der Waals surface area contributed by atoms with Crippen LogP contribution in [0.5, 0.6) is 0 Å². The molecule has 0 atom stereocenters. The second-order valence-electron chi connectivity index (χ2n) is 5.74. The van der Waals surface area contributed by atoms with Crippen molar-refractivity contribution in [3.63, 3.8) is 0 Å². The monoisotopic (exact) mass is 359 g/mol. The van der Waals surface area contributed by atoms with Gasteiger partial charge in [-0.3, -0.25) is 14.7 Å². The molecule has 0 aliphatic rings. The summed E-state index contributed by atoms with van der Waals surface area (Å²) in [5, 5.41) is 3.69. The summed E-state index contributed by atoms with van der Waals surface area (Å²) in [6, 6.07) is 7.35. The zero-order valence-corrected chi connectivity index (χ0v) is 15.0. The van der Waals surface area contributed by atoms with Crippen LogP contribution in [0.4, 0.5) is 0 Å². The molecule has 0 fully saturated rings. The second kappa shape index (κ2) is 6.72. The number of esters is 1. The number of aryl methyl sites for hydroxylation is 2. The molecule has 0 aliphatic heterocycles. The van der Waals surface area contributed by atoms with Crippen molar-refractivity contribution in [1.29, 1.82) is 0 Å². The Morgan fingerprint density at radius 2 is 2.12 bits per heavy atom. The van der Waals surface area contributed by atoms with Gasteiger partial charge >= 0.3 is 5.97 Å². The highest BCUT2D eigenvalue weighted by Gasteiger charge is 2.18. The highest BCUT2D eigenvalue weighted by atomic mass is 35.5. The van der Waals surface area contributed by atoms with Gasteiger partial charge in [0.25, 0.3) is 5.56 Å². The quantitative estimate of drug-likeness (QED) is 0.726. The molecule has 0 aliphatic carbocycles. The molecule has 0 saturated carbocycles. The number of nitrogens with zero attached hydrogens (tertiary/aromatic N) is 2. The van der Waals surface area contributed by atoms with E-state index in [9.17, 15) is 9.59 Å². The first-order chi connectivity index (χ1) is 11.9. The molecule has 6 nitrogen and oxygen atoms in total. The first-order valence-corrected chi connectivity index (χ1v) is 8.32. The first kappa shape index (κ1) is 17.2. The van der Waals surface area contributed by atoms with Gasteiger partial charge in [-0.2, -0.15) is 0 Å². The topological polar surface area (TPSA) is 76.5 Å². The van der Waals surface area contributed by atoms with Crippen molar-refractivity contribution in [1.82, 2.24) is 14.6 Å². The fourth-order valence-electron chi connectivity index (χ4n) is 2.81. The fourth-order valence-corrected chi connectivity index (χ4v) is 3.00. The zero-order valence-electron chi connectivity index (χ0n) is 14.2. The molecule has 0 radical (unpaired) electrons. The number of carbonyl (C=O) groups is 1. The summed E-state index contributed by atoms with van der Waals surface area (Å²) in [5.41, 5.74) is 3.55. The van der Waals surface area contributed by atoms with Gasteiger partial charge in [0.2, 0.25) is 0 Å². The lowest BCUT2D eigenvalue weighted by Crippen LogP contribution is -2.24. The molecular weight excluding hydrogens is 342 g/mol. The number of ether oxygens (including phenoxy) is 1. The average molecular weight is 360 g/mol. The van der Waals surface area contributed by atoms with Crippen LogP contribution >= 0.6 is 11.6 Å². The Kier molecular flexibility index (Phi) is 4.63. The molecule has 25 heavy (non-hydrogen) atoms. The number of fused-ring (bicyclic) bond motifs is 1. The van der Waals surface area contributed by atoms with E-state index in [4.69, 9.17) is 16.3 Å². The lowest BCUT2D eigenvalue weighted by molar-refractivity contribution is -0.142. The van der Waals surface area contributed by atoms with Gasteiger partial charge < -0.3 is 4.74 Å². The maximum Gasteiger partial charge on any atom is 0.310 e. The summed E-state index contributed by atoms with van der Waals surface area (Å²) in [7, 11) is 0. The standard InChI is InChI=1S/C18H18ClN3O3/c1-4-25-15(23)9-14-11(3)20-17-10(2)16(21-22(17)18(14)24)12-6-5-7-13(19)8-12/h5-8,21H,4,9H2,1-3H3. The van der Waals surface area contributed by atoms with Gasteiger partial charge in [-0.05, 0) is 32.9 Å². The van der Waals surface area contributed by atoms with Crippen LogP contribution in [-0.4, -0.2) is 27.2 Å². The van der Waals surface area contributed by atoms with E-state index >= 15 is 0 Å². The molecule has 0 saturated heterocycles. The van der Waals surface area contributed by atoms with Crippen LogP contribution in [0, 0.1) is 13.8 Å². The first-order valence-electron chi connectivity index (χ1n) is 7.94. The third-order valence-electron chi connectivity index (χ3n) is 4.06. The van der Waals surface area contributed by atoms with Crippen LogP contribution < -0.4 is 5.56 Å². The highest BCUT2D eigenvalue weighted by Crippen LogP contribution is 2.26. The number of hydrogen-bond acceptors (Lipinski definition) is 4. The lowest BCUT2D eigenvalue weighted by Gasteiger charge is -2.05. The SMILES string of the molecule is CCOC(=O)Cc1c(C)nc2c(C)c(-c3cccc(Cl)c3)[nH]n2c1=O. The van der Waals surface area contributed by atoms with Crippen molar-refractivity contribution in [2.24, 2.45) is 0 Å². The van der Waals surface area contributed by atoms with Crippen molar-refractivity contribution in [2.75, 3.05) is 6.61 Å². The van der Waals surface area contributed by atoms with Crippen molar-refractivity contribution >= 4 is 23.2 Å². The molecule has 0 unspecified atom stereocenters. The normalized spacial score (nSPS) is 11.0. The zero-order chi connectivity index (χ0) is 18.1. The third-order valence-corrected chi connectivity index (χ3v) is 4.29. The number of aromatic amines is 1. The average Bonchev–Trinajstić information content (AvgIpc) is 2.89. The van der Waals surface area contributed by atoms with E-state index in [-0.39, 0.29) is 18.6 Å². The summed E-state index contributed by atoms with van der Waals surface area (Å²) in [6.45, 7) is 5.61. The molecule has 2 aromatic heterocycles. The largest absolute Gasteiger partial charge is 0.466 e. The number of benzene rings is 1. The number of aromatic nitrogens is 3. The van der Waals surface area contributed by atoms with Gasteiger partial charge in [-0.1, -0.05) is 23.7 Å². The second-order valence-corrected chi connectivity index (χ2v) is 6.18. The Hall–Kier alpha value is -2.60. The van der Waals surface area contributed by atoms with E-state index in [1.165, 1.54) is 4.52 Å². The molecule has 7 heteroatoms. The number of halogens is 1. The number of carbonyl (C=O) groups excluding carboxylic acids is 1. The number of rotatable bonds is 4. The van der Waals surface area contributed by atoms with E-state index in [1.54, 1.807) is 19.9 Å². The van der Waals surface area contributed by atoms with E-state index in [0.717, 1.165) is 16.8 Å². The predicted molar refractivity (Wildman–Crippen MR) is 96.1 cm³/mol. The maximum atomic E-state index is 12.8. The Bertz CT molecular complexity index is 1020. The van der Waals surface area contributed by atoms with E-state index in [1.807, 2.05) is 25.1 Å². The Morgan fingerprint density at radius 1 is 1.36 bits per heavy atom. The minimum absolute atomic E-state index is 0.0982. The predicted octanol–water partition coefficient (Wildman–Crippen LogP) is 3.07. The molecule has 0 amide bonds. The summed E-state index contributed by atoms with van der Waals surface area (Å²) in [5.74, 6) is -0.442. The molecule has 3 aromatic rings. The van der Waals surface area contributed by atoms with Gasteiger partial charge in [0.1, 0.15) is 0 Å². The molecule has 1 aromatic carbocycles. The Labute approximate surface area is 149 Å². The van der Waals surface area contributed by atoms with Gasteiger partial charge in [-0.25, -0.2) is 9.50 Å². The molecule has 2 heterocycles. The van der Waals surface area contributed by atoms with Crippen molar-refractivity contribution in [3.8, 4) is 11.3 Å². The molecule has 0 spiro atoms. The van der Waals surface area contributed by atoms with E-state index < -0.39 is 5.97 Å². The molecule has 3 rings (SSSR count). The van der Waals surface area contributed by atoms with Crippen molar-refractivity contribution in [2.45, 2.75) is 27.2 Å². The number of hydrogen-bond donors (Lipinski definition) is 1. The number of H-pyrrole nitrogens is 1. The van der Waals surface area contributed by atoms with Crippen molar-refractivity contribution < 1.29 is 9.53 Å². The third kappa shape index (κ3) is 3.17. The summed E-state index contributed by atoms with van der Waals surface area (Å²) < 4.78 is 6.31. The van der Waals surface area contributed by atoms with E-state index in [0.29, 0.717) is 21.9 Å². The Morgan fingerprint density at radius 3 is 2.80 bits per heavy atom. The highest BCUT2D eigenvalue weighted by molar-refractivity contribution is 6.30. The van der Waals surface area contributed by atoms with Crippen LogP contribution in [0.1, 0.15) is 23.7 Å². The van der Waals surface area contributed by atoms with E-state index in [2.05, 4.69) is 10.1 Å².